The molecule has 0 saturated carbocycles. The predicted molar refractivity (Wildman–Crippen MR) is 125 cm³/mol. The number of nitrogens with zero attached hydrogens (tertiary/aromatic N) is 2. The van der Waals surface area contributed by atoms with Gasteiger partial charge in [0.1, 0.15) is 24.3 Å². The highest BCUT2D eigenvalue weighted by molar-refractivity contribution is 7.92. The zero-order chi connectivity index (χ0) is 25.8. The molecule has 0 aromatic heterocycles. The van der Waals surface area contributed by atoms with E-state index in [1.165, 1.54) is 25.1 Å². The normalized spacial score (nSPS) is 15.3. The Labute approximate surface area is 202 Å². The second kappa shape index (κ2) is 10.2. The Morgan fingerprint density at radius 2 is 1.94 bits per heavy atom. The van der Waals surface area contributed by atoms with Gasteiger partial charge in [-0.15, -0.1) is 0 Å². The molecule has 0 spiro atoms. The Bertz CT molecular complexity index is 1260. The highest BCUT2D eigenvalue weighted by Crippen LogP contribution is 2.39. The van der Waals surface area contributed by atoms with Crippen LogP contribution in [0.2, 0.25) is 0 Å². The molecule has 1 aliphatic rings. The van der Waals surface area contributed by atoms with E-state index in [0.717, 1.165) is 28.6 Å². The van der Waals surface area contributed by atoms with Gasteiger partial charge in [-0.2, -0.15) is 5.26 Å². The standard InChI is InChI=1S/C23H25FN4O6S/c1-15(29)26-11-18-12-28(35(31,32)19-7-4-16(24)5-8-19)20-10-17(6-9-21(20)34-18)27-22(30)33-14-23(2,3)13-25/h4-10,18H,11-12,14H2,1-3H3,(H,26,29)(H,27,30)/t18-/m0/s1. The third-order valence-corrected chi connectivity index (χ3v) is 6.78. The number of nitrogens with one attached hydrogen (secondary N) is 2. The van der Waals surface area contributed by atoms with Gasteiger partial charge in [0, 0.05) is 12.6 Å². The van der Waals surface area contributed by atoms with E-state index in [0.29, 0.717) is 0 Å². The smallest absolute Gasteiger partial charge is 0.411 e. The van der Waals surface area contributed by atoms with Crippen LogP contribution < -0.4 is 19.7 Å². The minimum absolute atomic E-state index is 0.0607. The third kappa shape index (κ3) is 6.39. The molecule has 186 valence electrons. The van der Waals surface area contributed by atoms with E-state index >= 15 is 0 Å². The van der Waals surface area contributed by atoms with E-state index in [9.17, 15) is 22.4 Å². The average Bonchev–Trinajstić information content (AvgIpc) is 2.81. The molecule has 0 saturated heterocycles. The maximum absolute atomic E-state index is 13.4. The number of ether oxygens (including phenoxy) is 2. The number of amides is 2. The largest absolute Gasteiger partial charge is 0.484 e. The Hall–Kier alpha value is -3.85. The predicted octanol–water partition coefficient (Wildman–Crippen LogP) is 3.02. The lowest BCUT2D eigenvalue weighted by atomic mass is 9.98. The minimum atomic E-state index is -4.15. The number of fused-ring (bicyclic) bond motifs is 1. The number of carbonyl (C=O) groups excluding carboxylic acids is 2. The number of halogens is 1. The van der Waals surface area contributed by atoms with Gasteiger partial charge in [-0.25, -0.2) is 17.6 Å². The fraction of sp³-hybridized carbons (Fsp3) is 0.348. The fourth-order valence-corrected chi connectivity index (χ4v) is 4.65. The lowest BCUT2D eigenvalue weighted by molar-refractivity contribution is -0.119. The lowest BCUT2D eigenvalue weighted by Crippen LogP contribution is -2.48. The van der Waals surface area contributed by atoms with Crippen molar-refractivity contribution in [2.24, 2.45) is 5.41 Å². The number of carbonyl (C=O) groups is 2. The average molecular weight is 505 g/mol. The van der Waals surface area contributed by atoms with Crippen molar-refractivity contribution < 1.29 is 31.9 Å². The van der Waals surface area contributed by atoms with Crippen LogP contribution >= 0.6 is 0 Å². The van der Waals surface area contributed by atoms with Crippen molar-refractivity contribution in [1.82, 2.24) is 5.32 Å². The van der Waals surface area contributed by atoms with E-state index in [-0.39, 0.29) is 47.6 Å². The molecule has 1 aliphatic heterocycles. The van der Waals surface area contributed by atoms with Crippen molar-refractivity contribution >= 4 is 33.4 Å². The summed E-state index contributed by atoms with van der Waals surface area (Å²) in [5, 5.41) is 14.2. The Morgan fingerprint density at radius 3 is 2.57 bits per heavy atom. The van der Waals surface area contributed by atoms with Crippen LogP contribution in [0, 0.1) is 22.6 Å². The van der Waals surface area contributed by atoms with Crippen LogP contribution in [0.4, 0.5) is 20.6 Å². The van der Waals surface area contributed by atoms with Crippen LogP contribution in [0.15, 0.2) is 47.4 Å². The first-order valence-electron chi connectivity index (χ1n) is 10.6. The quantitative estimate of drug-likeness (QED) is 0.591. The number of anilines is 2. The summed E-state index contributed by atoms with van der Waals surface area (Å²) in [4.78, 5) is 23.4. The van der Waals surface area contributed by atoms with E-state index in [1.54, 1.807) is 13.8 Å². The summed E-state index contributed by atoms with van der Waals surface area (Å²) in [6.07, 6.45) is -1.51. The number of rotatable bonds is 7. The van der Waals surface area contributed by atoms with E-state index in [1.807, 2.05) is 6.07 Å². The highest BCUT2D eigenvalue weighted by atomic mass is 32.2. The van der Waals surface area contributed by atoms with Crippen molar-refractivity contribution in [3.05, 3.63) is 48.3 Å². The molecule has 0 aliphatic carbocycles. The van der Waals surface area contributed by atoms with E-state index in [2.05, 4.69) is 10.6 Å². The van der Waals surface area contributed by atoms with Gasteiger partial charge < -0.3 is 14.8 Å². The molecule has 0 fully saturated rings. The molecule has 10 nitrogen and oxygen atoms in total. The van der Waals surface area contributed by atoms with Gasteiger partial charge in [-0.1, -0.05) is 0 Å². The first-order chi connectivity index (χ1) is 16.4. The molecule has 35 heavy (non-hydrogen) atoms. The van der Waals surface area contributed by atoms with Crippen LogP contribution in [0.25, 0.3) is 0 Å². The molecule has 2 amide bonds. The summed E-state index contributed by atoms with van der Waals surface area (Å²) in [5.41, 5.74) is -0.500. The molecule has 2 aromatic rings. The van der Waals surface area contributed by atoms with Crippen molar-refractivity contribution in [2.45, 2.75) is 31.8 Å². The van der Waals surface area contributed by atoms with Gasteiger partial charge in [0.2, 0.25) is 5.91 Å². The molecule has 1 atom stereocenters. The van der Waals surface area contributed by atoms with Crippen LogP contribution in [0.3, 0.4) is 0 Å². The van der Waals surface area contributed by atoms with Crippen molar-refractivity contribution in [1.29, 1.82) is 5.26 Å². The van der Waals surface area contributed by atoms with Crippen LogP contribution in [0.1, 0.15) is 20.8 Å². The Morgan fingerprint density at radius 1 is 1.26 bits per heavy atom. The van der Waals surface area contributed by atoms with Gasteiger partial charge in [-0.3, -0.25) is 14.4 Å². The van der Waals surface area contributed by atoms with Gasteiger partial charge in [-0.05, 0) is 56.3 Å². The van der Waals surface area contributed by atoms with Crippen molar-refractivity contribution in [3.8, 4) is 11.8 Å². The summed E-state index contributed by atoms with van der Waals surface area (Å²) in [6.45, 7) is 4.35. The molecule has 2 aromatic carbocycles. The molecule has 1 heterocycles. The maximum atomic E-state index is 13.4. The SMILES string of the molecule is CC(=O)NC[C@H]1CN(S(=O)(=O)c2ccc(F)cc2)c2cc(NC(=O)OCC(C)(C)C#N)ccc2O1. The maximum Gasteiger partial charge on any atom is 0.411 e. The van der Waals surface area contributed by atoms with Crippen LogP contribution in [-0.2, 0) is 19.6 Å². The second-order valence-electron chi connectivity index (χ2n) is 8.55. The Balaban J connectivity index is 1.91. The number of benzene rings is 2. The summed E-state index contributed by atoms with van der Waals surface area (Å²) in [5.74, 6) is -0.675. The summed E-state index contributed by atoms with van der Waals surface area (Å²) in [6, 6.07) is 10.8. The fourth-order valence-electron chi connectivity index (χ4n) is 3.15. The first-order valence-corrected chi connectivity index (χ1v) is 12.0. The number of hydrogen-bond acceptors (Lipinski definition) is 7. The van der Waals surface area contributed by atoms with Crippen LogP contribution in [-0.4, -0.2) is 46.2 Å². The minimum Gasteiger partial charge on any atom is -0.484 e. The summed E-state index contributed by atoms with van der Waals surface area (Å²) >= 11 is 0. The monoisotopic (exact) mass is 504 g/mol. The van der Waals surface area contributed by atoms with E-state index in [4.69, 9.17) is 14.7 Å². The third-order valence-electron chi connectivity index (χ3n) is 4.98. The topological polar surface area (TPSA) is 138 Å². The molecule has 12 heteroatoms. The summed E-state index contributed by atoms with van der Waals surface area (Å²) in [7, 11) is -4.15. The Kier molecular flexibility index (Phi) is 7.50. The molecule has 0 unspecified atom stereocenters. The zero-order valence-electron chi connectivity index (χ0n) is 19.4. The van der Waals surface area contributed by atoms with Gasteiger partial charge in [0.25, 0.3) is 10.0 Å². The molecule has 0 radical (unpaired) electrons. The zero-order valence-corrected chi connectivity index (χ0v) is 20.2. The van der Waals surface area contributed by atoms with Crippen LogP contribution in [0.5, 0.6) is 5.75 Å². The van der Waals surface area contributed by atoms with Gasteiger partial charge in [0.15, 0.2) is 0 Å². The lowest BCUT2D eigenvalue weighted by Gasteiger charge is -2.35. The van der Waals surface area contributed by atoms with E-state index < -0.39 is 33.5 Å². The molecule has 0 bridgehead atoms. The number of sulfonamides is 1. The summed E-state index contributed by atoms with van der Waals surface area (Å²) < 4.78 is 52.3. The molecular formula is C23H25FN4O6S. The molecule has 2 N–H and O–H groups in total. The first kappa shape index (κ1) is 25.8. The van der Waals surface area contributed by atoms with Crippen molar-refractivity contribution in [3.63, 3.8) is 0 Å². The highest BCUT2D eigenvalue weighted by Gasteiger charge is 2.35. The second-order valence-corrected chi connectivity index (χ2v) is 10.4. The number of nitriles is 1. The molecule has 3 rings (SSSR count). The van der Waals surface area contributed by atoms with Crippen molar-refractivity contribution in [2.75, 3.05) is 29.3 Å². The number of hydrogen-bond donors (Lipinski definition) is 2. The van der Waals surface area contributed by atoms with Gasteiger partial charge in [0.05, 0.1) is 35.2 Å². The van der Waals surface area contributed by atoms with Gasteiger partial charge >= 0.3 is 6.09 Å². The molecular weight excluding hydrogens is 479 g/mol.